The fourth-order valence-electron chi connectivity index (χ4n) is 0.483. The van der Waals surface area contributed by atoms with Gasteiger partial charge in [0.15, 0.2) is 11.9 Å². The fourth-order valence-corrected chi connectivity index (χ4v) is 0.483. The van der Waals surface area contributed by atoms with E-state index in [1.165, 1.54) is 5.69 Å². The van der Waals surface area contributed by atoms with Gasteiger partial charge < -0.3 is 0 Å². The molecule has 0 unspecified atom stereocenters. The summed E-state index contributed by atoms with van der Waals surface area (Å²) in [6, 6.07) is 6.00. The first kappa shape index (κ1) is 7.75. The van der Waals surface area contributed by atoms with Crippen molar-refractivity contribution in [2.24, 2.45) is 0 Å². The van der Waals surface area contributed by atoms with Gasteiger partial charge in [-0.3, -0.25) is 0 Å². The molecule has 0 bridgehead atoms. The smallest absolute Gasteiger partial charge is 0.215 e. The van der Waals surface area contributed by atoms with Crippen molar-refractivity contribution in [2.75, 3.05) is 0 Å². The zero-order chi connectivity index (χ0) is 5.11. The second-order valence-corrected chi connectivity index (χ2v) is 1.55. The number of H-pyrrole nitrogens is 1. The number of hydrogen-bond donors (Lipinski definition) is 0. The number of aromatic amines is 1. The molecule has 0 amide bonds. The molecule has 1 rings (SSSR count). The Morgan fingerprint density at radius 1 is 1.38 bits per heavy atom. The summed E-state index contributed by atoms with van der Waals surface area (Å²) in [5, 5.41) is 0. The molecule has 0 aliphatic rings. The number of hydrogen-bond acceptors (Lipinski definition) is 0. The van der Waals surface area contributed by atoms with Crippen LogP contribution in [0.2, 0.25) is 0 Å². The Hall–Kier alpha value is -0.253. The summed E-state index contributed by atoms with van der Waals surface area (Å²) in [6.45, 7) is 2.03. The molecule has 0 aliphatic heterocycles. The predicted molar refractivity (Wildman–Crippen MR) is 27.7 cm³/mol. The summed E-state index contributed by atoms with van der Waals surface area (Å²) >= 11 is 0. The maximum Gasteiger partial charge on any atom is 1.00 e. The van der Waals surface area contributed by atoms with Crippen LogP contribution in [0.1, 0.15) is 5.69 Å². The summed E-state index contributed by atoms with van der Waals surface area (Å²) < 4.78 is 0. The fraction of sp³-hybridized carbons (Fsp3) is 0.167. The van der Waals surface area contributed by atoms with E-state index in [0.717, 1.165) is 0 Å². The van der Waals surface area contributed by atoms with Crippen LogP contribution in [0.25, 0.3) is 0 Å². The summed E-state index contributed by atoms with van der Waals surface area (Å²) in [5.74, 6) is 0. The number of rotatable bonds is 0. The van der Waals surface area contributed by atoms with Crippen LogP contribution in [-0.4, -0.2) is 0 Å². The standard InChI is InChI=1S/C6H7N.Li/c1-6-4-2-3-5-7-6;/h2-5H,1H3;/q;+1/p+1. The Morgan fingerprint density at radius 3 is 2.38 bits per heavy atom. The third-order valence-electron chi connectivity index (χ3n) is 0.865. The van der Waals surface area contributed by atoms with Crippen LogP contribution in [0.5, 0.6) is 0 Å². The first-order valence-corrected chi connectivity index (χ1v) is 2.33. The molecule has 0 spiro atoms. The van der Waals surface area contributed by atoms with Gasteiger partial charge in [0.25, 0.3) is 0 Å². The molecule has 0 saturated carbocycles. The molecule has 1 aromatic rings. The summed E-state index contributed by atoms with van der Waals surface area (Å²) in [6.07, 6.45) is 1.91. The molecule has 0 radical (unpaired) electrons. The summed E-state index contributed by atoms with van der Waals surface area (Å²) in [7, 11) is 0. The van der Waals surface area contributed by atoms with Crippen molar-refractivity contribution in [3.63, 3.8) is 0 Å². The van der Waals surface area contributed by atoms with Gasteiger partial charge in [0.1, 0.15) is 0 Å². The zero-order valence-electron chi connectivity index (χ0n) is 5.31. The predicted octanol–water partition coefficient (Wildman–Crippen LogP) is -2.19. The largest absolute Gasteiger partial charge is 1.00 e. The number of aryl methyl sites for hydroxylation is 1. The van der Waals surface area contributed by atoms with Crippen LogP contribution in [-0.2, 0) is 0 Å². The minimum Gasteiger partial charge on any atom is -0.215 e. The second kappa shape index (κ2) is 3.71. The van der Waals surface area contributed by atoms with Gasteiger partial charge in [-0.15, -0.1) is 0 Å². The average molecular weight is 101 g/mol. The monoisotopic (exact) mass is 101 g/mol. The van der Waals surface area contributed by atoms with Gasteiger partial charge in [0.2, 0.25) is 0 Å². The summed E-state index contributed by atoms with van der Waals surface area (Å²) in [4.78, 5) is 3.03. The Kier molecular flexibility index (Phi) is 3.60. The van der Waals surface area contributed by atoms with Crippen molar-refractivity contribution in [3.05, 3.63) is 30.1 Å². The molecule has 0 fully saturated rings. The Morgan fingerprint density at radius 2 is 2.12 bits per heavy atom. The van der Waals surface area contributed by atoms with Crippen LogP contribution in [0.15, 0.2) is 24.4 Å². The van der Waals surface area contributed by atoms with E-state index < -0.39 is 0 Å². The van der Waals surface area contributed by atoms with Gasteiger partial charge in [-0.25, -0.2) is 4.98 Å². The van der Waals surface area contributed by atoms with Gasteiger partial charge in [0, 0.05) is 19.1 Å². The molecule has 1 nitrogen and oxygen atoms in total. The van der Waals surface area contributed by atoms with Gasteiger partial charge in [0.05, 0.1) is 0 Å². The van der Waals surface area contributed by atoms with Crippen molar-refractivity contribution in [3.8, 4) is 0 Å². The topological polar surface area (TPSA) is 14.1 Å². The van der Waals surface area contributed by atoms with Crippen molar-refractivity contribution in [1.82, 2.24) is 0 Å². The van der Waals surface area contributed by atoms with Gasteiger partial charge in [-0.05, 0) is 0 Å². The maximum absolute atomic E-state index is 3.03. The molecular formula is C6H8LiN+2. The van der Waals surface area contributed by atoms with E-state index in [1.54, 1.807) is 0 Å². The molecular weight excluding hydrogens is 93.0 g/mol. The minimum absolute atomic E-state index is 0. The molecule has 8 heavy (non-hydrogen) atoms. The van der Waals surface area contributed by atoms with Crippen molar-refractivity contribution < 1.29 is 23.8 Å². The molecule has 36 valence electrons. The number of pyridine rings is 1. The Labute approximate surface area is 61.3 Å². The summed E-state index contributed by atoms with van der Waals surface area (Å²) in [5.41, 5.74) is 1.20. The van der Waals surface area contributed by atoms with Crippen molar-refractivity contribution in [2.45, 2.75) is 6.92 Å². The third kappa shape index (κ3) is 2.16. The molecule has 2 heteroatoms. The molecule has 0 atom stereocenters. The molecule has 1 N–H and O–H groups in total. The first-order valence-electron chi connectivity index (χ1n) is 2.33. The van der Waals surface area contributed by atoms with Gasteiger partial charge >= 0.3 is 18.9 Å². The SMILES string of the molecule is Cc1cccc[nH+]1.[Li+]. The van der Waals surface area contributed by atoms with E-state index in [-0.39, 0.29) is 18.9 Å². The first-order chi connectivity index (χ1) is 3.39. The maximum atomic E-state index is 3.03. The molecule has 1 heterocycles. The van der Waals surface area contributed by atoms with E-state index in [0.29, 0.717) is 0 Å². The Bertz CT molecular complexity index is 138. The van der Waals surface area contributed by atoms with Crippen LogP contribution in [0, 0.1) is 6.92 Å². The quantitative estimate of drug-likeness (QED) is 0.330. The van der Waals surface area contributed by atoms with Crippen molar-refractivity contribution >= 4 is 0 Å². The van der Waals surface area contributed by atoms with Crippen LogP contribution < -0.4 is 23.8 Å². The van der Waals surface area contributed by atoms with E-state index in [2.05, 4.69) is 4.98 Å². The molecule has 0 aliphatic carbocycles. The third-order valence-corrected chi connectivity index (χ3v) is 0.865. The van der Waals surface area contributed by atoms with Crippen LogP contribution in [0.3, 0.4) is 0 Å². The minimum atomic E-state index is 0. The van der Waals surface area contributed by atoms with E-state index in [1.807, 2.05) is 31.3 Å². The molecule has 0 saturated heterocycles. The van der Waals surface area contributed by atoms with Gasteiger partial charge in [-0.1, -0.05) is 6.07 Å². The number of aromatic nitrogens is 1. The number of nitrogens with one attached hydrogen (secondary N) is 1. The Balaban J connectivity index is 0.000000490. The molecule has 1 aromatic heterocycles. The van der Waals surface area contributed by atoms with E-state index in [9.17, 15) is 0 Å². The zero-order valence-corrected chi connectivity index (χ0v) is 5.31. The van der Waals surface area contributed by atoms with E-state index in [4.69, 9.17) is 0 Å². The van der Waals surface area contributed by atoms with Gasteiger partial charge in [-0.2, -0.15) is 0 Å². The average Bonchev–Trinajstić information content (AvgIpc) is 1.69. The second-order valence-electron chi connectivity index (χ2n) is 1.55. The molecule has 0 aromatic carbocycles. The van der Waals surface area contributed by atoms with Crippen LogP contribution >= 0.6 is 0 Å². The normalized spacial score (nSPS) is 7.62. The van der Waals surface area contributed by atoms with E-state index >= 15 is 0 Å². The van der Waals surface area contributed by atoms with Crippen molar-refractivity contribution in [1.29, 1.82) is 0 Å². The van der Waals surface area contributed by atoms with Crippen LogP contribution in [0.4, 0.5) is 0 Å².